The number of nitrogens with zero attached hydrogens (tertiary/aromatic N) is 2. The standard InChI is InChI=1S/C20H20ClN3O6S/c1-28-14-5-8-16(17(11-14)29-2)22-19(25)9-10-20-23-18(24-30-20)12-31(26,27)15-6-3-13(21)4-7-15/h3-8,11H,9-10,12H2,1-2H3,(H,22,25). The number of benzene rings is 2. The number of methoxy groups -OCH3 is 2. The van der Waals surface area contributed by atoms with Crippen molar-refractivity contribution >= 4 is 33.0 Å². The number of ether oxygens (including phenoxy) is 2. The van der Waals surface area contributed by atoms with Crippen molar-refractivity contribution < 1.29 is 27.2 Å². The van der Waals surface area contributed by atoms with E-state index in [-0.39, 0.29) is 35.4 Å². The van der Waals surface area contributed by atoms with E-state index in [9.17, 15) is 13.2 Å². The molecule has 11 heteroatoms. The van der Waals surface area contributed by atoms with Crippen LogP contribution in [0.4, 0.5) is 5.69 Å². The number of amides is 1. The fourth-order valence-corrected chi connectivity index (χ4v) is 3.98. The van der Waals surface area contributed by atoms with Gasteiger partial charge < -0.3 is 19.3 Å². The maximum Gasteiger partial charge on any atom is 0.227 e. The number of aromatic nitrogens is 2. The molecular formula is C20H20ClN3O6S. The third-order valence-electron chi connectivity index (χ3n) is 4.25. The Hall–Kier alpha value is -3.11. The van der Waals surface area contributed by atoms with Crippen LogP contribution in [0.2, 0.25) is 5.02 Å². The van der Waals surface area contributed by atoms with Gasteiger partial charge >= 0.3 is 0 Å². The van der Waals surface area contributed by atoms with Crippen molar-refractivity contribution in [1.29, 1.82) is 0 Å². The van der Waals surface area contributed by atoms with Gasteiger partial charge in [-0.05, 0) is 36.4 Å². The summed E-state index contributed by atoms with van der Waals surface area (Å²) in [6, 6.07) is 10.8. The normalized spacial score (nSPS) is 11.2. The highest BCUT2D eigenvalue weighted by atomic mass is 35.5. The SMILES string of the molecule is COc1ccc(NC(=O)CCc2nc(CS(=O)(=O)c3ccc(Cl)cc3)no2)c(OC)c1. The second-order valence-electron chi connectivity index (χ2n) is 6.43. The first-order valence-electron chi connectivity index (χ1n) is 9.12. The monoisotopic (exact) mass is 465 g/mol. The average Bonchev–Trinajstić information content (AvgIpc) is 3.19. The molecule has 0 aliphatic carbocycles. The maximum atomic E-state index is 12.4. The zero-order chi connectivity index (χ0) is 22.4. The number of carbonyl (C=O) groups excluding carboxylic acids is 1. The molecule has 0 radical (unpaired) electrons. The molecule has 3 aromatic rings. The molecule has 9 nitrogen and oxygen atoms in total. The van der Waals surface area contributed by atoms with Gasteiger partial charge in [0.05, 0.1) is 24.8 Å². The Bertz CT molecular complexity index is 1160. The minimum absolute atomic E-state index is 0.0159. The lowest BCUT2D eigenvalue weighted by Crippen LogP contribution is -2.13. The molecule has 0 unspecified atom stereocenters. The van der Waals surface area contributed by atoms with Crippen molar-refractivity contribution in [2.75, 3.05) is 19.5 Å². The van der Waals surface area contributed by atoms with Gasteiger partial charge in [-0.3, -0.25) is 4.79 Å². The van der Waals surface area contributed by atoms with Crippen molar-refractivity contribution in [2.45, 2.75) is 23.5 Å². The number of hydrogen-bond acceptors (Lipinski definition) is 8. The van der Waals surface area contributed by atoms with Crippen molar-refractivity contribution in [2.24, 2.45) is 0 Å². The minimum Gasteiger partial charge on any atom is -0.497 e. The summed E-state index contributed by atoms with van der Waals surface area (Å²) < 4.78 is 40.3. The third-order valence-corrected chi connectivity index (χ3v) is 6.13. The molecule has 1 N–H and O–H groups in total. The van der Waals surface area contributed by atoms with Crippen molar-refractivity contribution in [3.8, 4) is 11.5 Å². The van der Waals surface area contributed by atoms with E-state index in [1.54, 1.807) is 18.2 Å². The van der Waals surface area contributed by atoms with Gasteiger partial charge in [0.15, 0.2) is 15.7 Å². The number of aryl methyl sites for hydroxylation is 1. The van der Waals surface area contributed by atoms with Gasteiger partial charge in [0.25, 0.3) is 0 Å². The number of carbonyl (C=O) groups is 1. The lowest BCUT2D eigenvalue weighted by Gasteiger charge is -2.11. The van der Waals surface area contributed by atoms with Crippen LogP contribution in [0.1, 0.15) is 18.1 Å². The van der Waals surface area contributed by atoms with Crippen LogP contribution < -0.4 is 14.8 Å². The molecule has 0 bridgehead atoms. The predicted molar refractivity (Wildman–Crippen MR) is 113 cm³/mol. The molecular weight excluding hydrogens is 446 g/mol. The lowest BCUT2D eigenvalue weighted by molar-refractivity contribution is -0.116. The molecule has 0 atom stereocenters. The number of sulfone groups is 1. The number of nitrogens with one attached hydrogen (secondary N) is 1. The molecule has 2 aromatic carbocycles. The van der Waals surface area contributed by atoms with E-state index in [2.05, 4.69) is 15.5 Å². The zero-order valence-corrected chi connectivity index (χ0v) is 18.4. The van der Waals surface area contributed by atoms with E-state index >= 15 is 0 Å². The molecule has 0 spiro atoms. The Morgan fingerprint density at radius 3 is 2.55 bits per heavy atom. The van der Waals surface area contributed by atoms with E-state index in [0.717, 1.165) is 0 Å². The first kappa shape index (κ1) is 22.6. The maximum absolute atomic E-state index is 12.4. The van der Waals surface area contributed by atoms with Gasteiger partial charge in [0.1, 0.15) is 17.3 Å². The van der Waals surface area contributed by atoms with Gasteiger partial charge in [-0.1, -0.05) is 16.8 Å². The second kappa shape index (κ2) is 9.80. The molecule has 164 valence electrons. The fraction of sp³-hybridized carbons (Fsp3) is 0.250. The molecule has 31 heavy (non-hydrogen) atoms. The van der Waals surface area contributed by atoms with Crippen LogP contribution in [0.25, 0.3) is 0 Å². The Kier molecular flexibility index (Phi) is 7.13. The van der Waals surface area contributed by atoms with Crippen LogP contribution in [-0.2, 0) is 26.8 Å². The summed E-state index contributed by atoms with van der Waals surface area (Å²) in [5.74, 6) is 0.521. The molecule has 0 aliphatic heterocycles. The number of anilines is 1. The fourth-order valence-electron chi connectivity index (χ4n) is 2.68. The summed E-state index contributed by atoms with van der Waals surface area (Å²) in [7, 11) is -0.627. The third kappa shape index (κ3) is 5.96. The highest BCUT2D eigenvalue weighted by Gasteiger charge is 2.20. The van der Waals surface area contributed by atoms with Gasteiger partial charge in [0.2, 0.25) is 11.8 Å². The van der Waals surface area contributed by atoms with Crippen LogP contribution in [0, 0.1) is 0 Å². The van der Waals surface area contributed by atoms with Gasteiger partial charge in [-0.15, -0.1) is 0 Å². The summed E-state index contributed by atoms with van der Waals surface area (Å²) >= 11 is 5.79. The second-order valence-corrected chi connectivity index (χ2v) is 8.86. The largest absolute Gasteiger partial charge is 0.497 e. The van der Waals surface area contributed by atoms with Crippen molar-refractivity contribution in [3.05, 3.63) is 59.2 Å². The molecule has 1 aromatic heterocycles. The average molecular weight is 466 g/mol. The first-order chi connectivity index (χ1) is 14.8. The van der Waals surface area contributed by atoms with E-state index in [0.29, 0.717) is 22.2 Å². The van der Waals surface area contributed by atoms with Crippen LogP contribution in [-0.4, -0.2) is 38.7 Å². The smallest absolute Gasteiger partial charge is 0.227 e. The van der Waals surface area contributed by atoms with Crippen LogP contribution >= 0.6 is 11.6 Å². The Balaban J connectivity index is 1.58. The van der Waals surface area contributed by atoms with Crippen molar-refractivity contribution in [3.63, 3.8) is 0 Å². The minimum atomic E-state index is -3.65. The molecule has 1 heterocycles. The molecule has 0 saturated heterocycles. The Labute approximate surface area is 184 Å². The van der Waals surface area contributed by atoms with Crippen LogP contribution in [0.3, 0.4) is 0 Å². The highest BCUT2D eigenvalue weighted by molar-refractivity contribution is 7.90. The quantitative estimate of drug-likeness (QED) is 0.511. The molecule has 0 aliphatic rings. The number of hydrogen-bond donors (Lipinski definition) is 1. The van der Waals surface area contributed by atoms with Gasteiger partial charge in [0, 0.05) is 23.9 Å². The zero-order valence-electron chi connectivity index (χ0n) is 16.8. The van der Waals surface area contributed by atoms with Crippen molar-refractivity contribution in [1.82, 2.24) is 10.1 Å². The van der Waals surface area contributed by atoms with Crippen LogP contribution in [0.15, 0.2) is 51.9 Å². The molecule has 3 rings (SSSR count). The van der Waals surface area contributed by atoms with E-state index in [4.69, 9.17) is 25.6 Å². The Morgan fingerprint density at radius 1 is 1.13 bits per heavy atom. The van der Waals surface area contributed by atoms with E-state index in [1.165, 1.54) is 38.5 Å². The first-order valence-corrected chi connectivity index (χ1v) is 11.2. The van der Waals surface area contributed by atoms with E-state index in [1.807, 2.05) is 0 Å². The summed E-state index contributed by atoms with van der Waals surface area (Å²) in [5, 5.41) is 6.87. The predicted octanol–water partition coefficient (Wildman–Crippen LogP) is 3.29. The van der Waals surface area contributed by atoms with Gasteiger partial charge in [-0.25, -0.2) is 8.42 Å². The molecule has 1 amide bonds. The van der Waals surface area contributed by atoms with Crippen LogP contribution in [0.5, 0.6) is 11.5 Å². The topological polar surface area (TPSA) is 121 Å². The summed E-state index contributed by atoms with van der Waals surface area (Å²) in [5.41, 5.74) is 0.494. The molecule has 0 saturated carbocycles. The number of halogens is 1. The Morgan fingerprint density at radius 2 is 1.87 bits per heavy atom. The van der Waals surface area contributed by atoms with E-state index < -0.39 is 15.6 Å². The summed E-state index contributed by atoms with van der Waals surface area (Å²) in [6.07, 6.45) is 0.207. The van der Waals surface area contributed by atoms with Gasteiger partial charge in [-0.2, -0.15) is 4.98 Å². The lowest BCUT2D eigenvalue weighted by atomic mass is 10.2. The molecule has 0 fully saturated rings. The summed E-state index contributed by atoms with van der Waals surface area (Å²) in [6.45, 7) is 0. The number of rotatable bonds is 9. The highest BCUT2D eigenvalue weighted by Crippen LogP contribution is 2.29. The summed E-state index contributed by atoms with van der Waals surface area (Å²) in [4.78, 5) is 16.4.